The highest BCUT2D eigenvalue weighted by Crippen LogP contribution is 2.19. The predicted molar refractivity (Wildman–Crippen MR) is 88.4 cm³/mol. The number of nitrogens with one attached hydrogen (secondary N) is 1. The molecule has 0 aliphatic rings. The van der Waals surface area contributed by atoms with Crippen molar-refractivity contribution in [3.05, 3.63) is 53.9 Å². The van der Waals surface area contributed by atoms with Crippen LogP contribution in [0.4, 0.5) is 0 Å². The molecule has 0 aliphatic heterocycles. The third kappa shape index (κ3) is 3.80. The van der Waals surface area contributed by atoms with Crippen molar-refractivity contribution in [2.24, 2.45) is 0 Å². The van der Waals surface area contributed by atoms with Gasteiger partial charge in [-0.15, -0.1) is 0 Å². The third-order valence-electron chi connectivity index (χ3n) is 3.54. The van der Waals surface area contributed by atoms with Gasteiger partial charge in [-0.1, -0.05) is 28.9 Å². The van der Waals surface area contributed by atoms with E-state index < -0.39 is 0 Å². The lowest BCUT2D eigenvalue weighted by Crippen LogP contribution is -2.32. The van der Waals surface area contributed by atoms with Crippen molar-refractivity contribution >= 4 is 17.5 Å². The second-order valence-corrected chi connectivity index (χ2v) is 5.69. The van der Waals surface area contributed by atoms with Gasteiger partial charge in [0.2, 0.25) is 17.6 Å². The fraction of sp³-hybridized carbons (Fsp3) is 0.250. The zero-order valence-electron chi connectivity index (χ0n) is 13.0. The quantitative estimate of drug-likeness (QED) is 0.741. The highest BCUT2D eigenvalue weighted by atomic mass is 35.5. The van der Waals surface area contributed by atoms with Crippen LogP contribution >= 0.6 is 11.6 Å². The fourth-order valence-corrected chi connectivity index (χ4v) is 2.37. The second kappa shape index (κ2) is 7.27. The minimum Gasteiger partial charge on any atom is -0.354 e. The van der Waals surface area contributed by atoms with Crippen molar-refractivity contribution in [1.29, 1.82) is 0 Å². The molecule has 2 aromatic heterocycles. The van der Waals surface area contributed by atoms with Crippen molar-refractivity contribution in [1.82, 2.24) is 25.0 Å². The van der Waals surface area contributed by atoms with Crippen LogP contribution < -0.4 is 5.32 Å². The van der Waals surface area contributed by atoms with E-state index in [1.165, 1.54) is 0 Å². The summed E-state index contributed by atoms with van der Waals surface area (Å²) in [5.74, 6) is 0.841. The third-order valence-corrected chi connectivity index (χ3v) is 3.78. The summed E-state index contributed by atoms with van der Waals surface area (Å²) in [6.07, 6.45) is 5.45. The molecule has 0 aliphatic carbocycles. The van der Waals surface area contributed by atoms with Crippen molar-refractivity contribution in [2.75, 3.05) is 6.54 Å². The minimum absolute atomic E-state index is 0.0948. The summed E-state index contributed by atoms with van der Waals surface area (Å²) in [6.45, 7) is 2.22. The van der Waals surface area contributed by atoms with Gasteiger partial charge in [-0.05, 0) is 19.1 Å². The number of nitrogens with zero attached hydrogens (tertiary/aromatic N) is 4. The maximum atomic E-state index is 12.1. The number of imidazole rings is 1. The number of rotatable bonds is 6. The van der Waals surface area contributed by atoms with E-state index >= 15 is 0 Å². The molecule has 1 N–H and O–H groups in total. The first-order chi connectivity index (χ1) is 11.6. The maximum Gasteiger partial charge on any atom is 0.242 e. The zero-order chi connectivity index (χ0) is 16.9. The van der Waals surface area contributed by atoms with E-state index in [9.17, 15) is 4.79 Å². The first kappa shape index (κ1) is 16.2. The molecule has 1 atom stereocenters. The van der Waals surface area contributed by atoms with Gasteiger partial charge in [-0.25, -0.2) is 4.98 Å². The van der Waals surface area contributed by atoms with Gasteiger partial charge >= 0.3 is 0 Å². The van der Waals surface area contributed by atoms with Crippen LogP contribution in [0.25, 0.3) is 11.4 Å². The van der Waals surface area contributed by atoms with Crippen LogP contribution in [-0.4, -0.2) is 32.1 Å². The Morgan fingerprint density at radius 1 is 1.46 bits per heavy atom. The minimum atomic E-state index is -0.322. The number of hydrogen-bond acceptors (Lipinski definition) is 5. The van der Waals surface area contributed by atoms with Crippen LogP contribution in [0.1, 0.15) is 18.9 Å². The Bertz CT molecular complexity index is 816. The van der Waals surface area contributed by atoms with Gasteiger partial charge in [0.1, 0.15) is 6.04 Å². The molecule has 0 unspecified atom stereocenters. The largest absolute Gasteiger partial charge is 0.354 e. The highest BCUT2D eigenvalue weighted by Gasteiger charge is 2.14. The Balaban J connectivity index is 1.53. The Kier molecular flexibility index (Phi) is 4.90. The smallest absolute Gasteiger partial charge is 0.242 e. The first-order valence-corrected chi connectivity index (χ1v) is 7.85. The average Bonchev–Trinajstić information content (AvgIpc) is 3.26. The van der Waals surface area contributed by atoms with Gasteiger partial charge in [0.05, 0.1) is 6.33 Å². The molecule has 7 nitrogen and oxygen atoms in total. The summed E-state index contributed by atoms with van der Waals surface area (Å²) < 4.78 is 6.94. The van der Waals surface area contributed by atoms with Crippen LogP contribution in [0.3, 0.4) is 0 Å². The van der Waals surface area contributed by atoms with Gasteiger partial charge in [0.15, 0.2) is 0 Å². The van der Waals surface area contributed by atoms with Gasteiger partial charge in [0, 0.05) is 35.9 Å². The summed E-state index contributed by atoms with van der Waals surface area (Å²) >= 11 is 5.95. The van der Waals surface area contributed by atoms with Gasteiger partial charge in [-0.2, -0.15) is 4.98 Å². The standard InChI is InChI=1S/C16H16ClN5O2/c1-11(22-8-7-18-10-22)16(23)19-6-5-14-20-15(21-24-14)12-3-2-4-13(17)9-12/h2-4,7-11H,5-6H2,1H3,(H,19,23)/t11-/m0/s1. The molecule has 0 fully saturated rings. The molecule has 2 heterocycles. The van der Waals surface area contributed by atoms with E-state index in [0.717, 1.165) is 5.56 Å². The SMILES string of the molecule is C[C@@H](C(=O)NCCc1nc(-c2cccc(Cl)c2)no1)n1ccnc1. The molecule has 1 amide bonds. The molecule has 0 radical (unpaired) electrons. The van der Waals surface area contributed by atoms with E-state index in [1.54, 1.807) is 42.3 Å². The van der Waals surface area contributed by atoms with Crippen LogP contribution in [-0.2, 0) is 11.2 Å². The van der Waals surface area contributed by atoms with Crippen molar-refractivity contribution in [3.63, 3.8) is 0 Å². The molecule has 24 heavy (non-hydrogen) atoms. The predicted octanol–water partition coefficient (Wildman–Crippen LogP) is 2.51. The Morgan fingerprint density at radius 2 is 2.33 bits per heavy atom. The second-order valence-electron chi connectivity index (χ2n) is 5.25. The number of amides is 1. The molecule has 3 rings (SSSR count). The van der Waals surface area contributed by atoms with Crippen LogP contribution in [0.2, 0.25) is 5.02 Å². The van der Waals surface area contributed by atoms with Crippen molar-refractivity contribution in [2.45, 2.75) is 19.4 Å². The molecule has 8 heteroatoms. The monoisotopic (exact) mass is 345 g/mol. The lowest BCUT2D eigenvalue weighted by atomic mass is 10.2. The van der Waals surface area contributed by atoms with E-state index in [0.29, 0.717) is 29.7 Å². The molecular formula is C16H16ClN5O2. The molecule has 0 spiro atoms. The summed E-state index contributed by atoms with van der Waals surface area (Å²) in [5.41, 5.74) is 0.787. The Labute approximate surface area is 143 Å². The number of carbonyl (C=O) groups excluding carboxylic acids is 1. The molecule has 3 aromatic rings. The highest BCUT2D eigenvalue weighted by molar-refractivity contribution is 6.30. The number of carbonyl (C=O) groups is 1. The van der Waals surface area contributed by atoms with E-state index in [2.05, 4.69) is 20.4 Å². The molecule has 0 saturated carbocycles. The molecule has 1 aromatic carbocycles. The first-order valence-electron chi connectivity index (χ1n) is 7.47. The van der Waals surface area contributed by atoms with Crippen molar-refractivity contribution < 1.29 is 9.32 Å². The number of halogens is 1. The number of benzene rings is 1. The fourth-order valence-electron chi connectivity index (χ4n) is 2.18. The van der Waals surface area contributed by atoms with Gasteiger partial charge in [-0.3, -0.25) is 4.79 Å². The Hall–Kier alpha value is -2.67. The summed E-state index contributed by atoms with van der Waals surface area (Å²) in [4.78, 5) is 20.3. The summed E-state index contributed by atoms with van der Waals surface area (Å²) in [7, 11) is 0. The summed E-state index contributed by atoms with van der Waals surface area (Å²) in [5, 5.41) is 7.38. The van der Waals surface area contributed by atoms with Crippen LogP contribution in [0.15, 0.2) is 47.5 Å². The molecular weight excluding hydrogens is 330 g/mol. The normalized spacial score (nSPS) is 12.1. The molecule has 0 saturated heterocycles. The summed E-state index contributed by atoms with van der Waals surface area (Å²) in [6, 6.07) is 6.91. The average molecular weight is 346 g/mol. The topological polar surface area (TPSA) is 85.8 Å². The lowest BCUT2D eigenvalue weighted by molar-refractivity contribution is -0.123. The van der Waals surface area contributed by atoms with Gasteiger partial charge < -0.3 is 14.4 Å². The Morgan fingerprint density at radius 3 is 3.08 bits per heavy atom. The van der Waals surface area contributed by atoms with Crippen LogP contribution in [0.5, 0.6) is 0 Å². The van der Waals surface area contributed by atoms with Crippen LogP contribution in [0, 0.1) is 0 Å². The van der Waals surface area contributed by atoms with E-state index in [1.807, 2.05) is 12.1 Å². The number of aromatic nitrogens is 4. The lowest BCUT2D eigenvalue weighted by Gasteiger charge is -2.12. The van der Waals surface area contributed by atoms with E-state index in [-0.39, 0.29) is 11.9 Å². The number of hydrogen-bond donors (Lipinski definition) is 1. The van der Waals surface area contributed by atoms with E-state index in [4.69, 9.17) is 16.1 Å². The zero-order valence-corrected chi connectivity index (χ0v) is 13.8. The molecule has 0 bridgehead atoms. The van der Waals surface area contributed by atoms with Gasteiger partial charge in [0.25, 0.3) is 0 Å². The maximum absolute atomic E-state index is 12.1. The van der Waals surface area contributed by atoms with Crippen molar-refractivity contribution in [3.8, 4) is 11.4 Å². The molecule has 124 valence electrons.